The summed E-state index contributed by atoms with van der Waals surface area (Å²) in [6.07, 6.45) is 0.498. The Labute approximate surface area is 198 Å². The molecule has 0 saturated carbocycles. The lowest BCUT2D eigenvalue weighted by atomic mass is 10.0. The van der Waals surface area contributed by atoms with Crippen LogP contribution in [0.4, 0.5) is 0 Å². The Hall–Kier alpha value is -2.05. The molecule has 0 fully saturated rings. The van der Waals surface area contributed by atoms with E-state index in [1.54, 1.807) is 17.0 Å². The monoisotopic (exact) mass is 508 g/mol. The fourth-order valence-corrected chi connectivity index (χ4v) is 3.85. The highest BCUT2D eigenvalue weighted by Crippen LogP contribution is 2.29. The molecule has 168 valence electrons. The molecule has 7 heteroatoms. The van der Waals surface area contributed by atoms with Crippen LogP contribution in [-0.2, 0) is 16.1 Å². The number of likely N-dealkylation sites (N-methyl/N-ethyl adjacent to an activating group) is 1. The van der Waals surface area contributed by atoms with E-state index in [1.165, 1.54) is 5.56 Å². The molecule has 0 radical (unpaired) electrons. The van der Waals surface area contributed by atoms with Crippen molar-refractivity contribution in [1.29, 1.82) is 0 Å². The van der Waals surface area contributed by atoms with Crippen molar-refractivity contribution in [2.45, 2.75) is 52.6 Å². The van der Waals surface area contributed by atoms with Crippen molar-refractivity contribution in [2.75, 3.05) is 13.2 Å². The van der Waals surface area contributed by atoms with E-state index in [1.807, 2.05) is 44.2 Å². The zero-order valence-corrected chi connectivity index (χ0v) is 20.8. The lowest BCUT2D eigenvalue weighted by molar-refractivity contribution is -0.142. The van der Waals surface area contributed by atoms with Gasteiger partial charge in [0.25, 0.3) is 5.91 Å². The second-order valence-corrected chi connectivity index (χ2v) is 8.89. The summed E-state index contributed by atoms with van der Waals surface area (Å²) in [6.45, 7) is 8.62. The van der Waals surface area contributed by atoms with Crippen molar-refractivity contribution in [1.82, 2.24) is 10.2 Å². The Morgan fingerprint density at radius 3 is 2.35 bits per heavy atom. The molecule has 0 heterocycles. The van der Waals surface area contributed by atoms with Gasteiger partial charge in [-0.25, -0.2) is 0 Å². The van der Waals surface area contributed by atoms with Gasteiger partial charge in [-0.2, -0.15) is 0 Å². The minimum absolute atomic E-state index is 0.164. The molecule has 0 saturated heterocycles. The molecule has 0 spiro atoms. The molecule has 2 amide bonds. The lowest BCUT2D eigenvalue weighted by Gasteiger charge is -2.30. The van der Waals surface area contributed by atoms with Gasteiger partial charge in [0.1, 0.15) is 11.8 Å². The molecule has 0 aliphatic heterocycles. The second kappa shape index (κ2) is 12.1. The van der Waals surface area contributed by atoms with Crippen LogP contribution in [0.5, 0.6) is 5.75 Å². The third-order valence-corrected chi connectivity index (χ3v) is 5.85. The van der Waals surface area contributed by atoms with Gasteiger partial charge in [0.05, 0.1) is 4.47 Å². The lowest BCUT2D eigenvalue weighted by Crippen LogP contribution is -2.50. The topological polar surface area (TPSA) is 58.6 Å². The van der Waals surface area contributed by atoms with Gasteiger partial charge in [-0.3, -0.25) is 9.59 Å². The fraction of sp³-hybridized carbons (Fsp3) is 0.417. The van der Waals surface area contributed by atoms with E-state index < -0.39 is 6.04 Å². The summed E-state index contributed by atoms with van der Waals surface area (Å²) in [6, 6.07) is 12.5. The highest BCUT2D eigenvalue weighted by molar-refractivity contribution is 9.10. The summed E-state index contributed by atoms with van der Waals surface area (Å²) < 4.78 is 6.61. The van der Waals surface area contributed by atoms with Gasteiger partial charge in [0.15, 0.2) is 6.61 Å². The third-order valence-electron chi connectivity index (χ3n) is 4.98. The standard InChI is InChI=1S/C24H30BrClN2O3/c1-5-21(24(30)27-6-2)28(14-17-7-10-19(26)11-8-17)23(29)15-31-22-12-9-18(16(3)4)13-20(22)25/h7-13,16,21H,5-6,14-15H2,1-4H3,(H,27,30)/t21-/m1/s1. The Kier molecular flexibility index (Phi) is 9.85. The number of nitrogens with zero attached hydrogens (tertiary/aromatic N) is 1. The molecule has 0 aliphatic carbocycles. The van der Waals surface area contributed by atoms with Crippen LogP contribution in [0.2, 0.25) is 5.02 Å². The van der Waals surface area contributed by atoms with Gasteiger partial charge in [0, 0.05) is 18.1 Å². The van der Waals surface area contributed by atoms with Crippen LogP contribution >= 0.6 is 27.5 Å². The van der Waals surface area contributed by atoms with Gasteiger partial charge in [-0.05, 0) is 70.6 Å². The molecule has 2 rings (SSSR count). The summed E-state index contributed by atoms with van der Waals surface area (Å²) in [5, 5.41) is 3.44. The molecule has 1 N–H and O–H groups in total. The van der Waals surface area contributed by atoms with Gasteiger partial charge >= 0.3 is 0 Å². The average molecular weight is 510 g/mol. The maximum Gasteiger partial charge on any atom is 0.261 e. The molecule has 1 atom stereocenters. The summed E-state index contributed by atoms with van der Waals surface area (Å²) in [5.41, 5.74) is 2.07. The number of hydrogen-bond donors (Lipinski definition) is 1. The van der Waals surface area contributed by atoms with E-state index in [-0.39, 0.29) is 18.4 Å². The van der Waals surface area contributed by atoms with Crippen molar-refractivity contribution in [2.24, 2.45) is 0 Å². The maximum absolute atomic E-state index is 13.2. The van der Waals surface area contributed by atoms with Gasteiger partial charge in [-0.1, -0.05) is 50.6 Å². The second-order valence-electron chi connectivity index (χ2n) is 7.60. The number of rotatable bonds is 10. The van der Waals surface area contributed by atoms with Crippen molar-refractivity contribution in [3.05, 3.63) is 63.1 Å². The number of carbonyl (C=O) groups is 2. The summed E-state index contributed by atoms with van der Waals surface area (Å²) >= 11 is 9.51. The average Bonchev–Trinajstić information content (AvgIpc) is 2.74. The summed E-state index contributed by atoms with van der Waals surface area (Å²) in [4.78, 5) is 27.4. The minimum Gasteiger partial charge on any atom is -0.483 e. The van der Waals surface area contributed by atoms with E-state index in [0.717, 1.165) is 10.0 Å². The van der Waals surface area contributed by atoms with Crippen LogP contribution in [0.15, 0.2) is 46.9 Å². The first-order valence-electron chi connectivity index (χ1n) is 10.5. The van der Waals surface area contributed by atoms with Crippen LogP contribution in [0.25, 0.3) is 0 Å². The molecule has 31 heavy (non-hydrogen) atoms. The quantitative estimate of drug-likeness (QED) is 0.457. The number of benzene rings is 2. The molecule has 0 unspecified atom stereocenters. The third kappa shape index (κ3) is 7.25. The van der Waals surface area contributed by atoms with Crippen molar-refractivity contribution < 1.29 is 14.3 Å². The first-order valence-corrected chi connectivity index (χ1v) is 11.7. The number of ether oxygens (including phenoxy) is 1. The Morgan fingerprint density at radius 2 is 1.81 bits per heavy atom. The van der Waals surface area contributed by atoms with Crippen LogP contribution in [0, 0.1) is 0 Å². The van der Waals surface area contributed by atoms with Crippen LogP contribution in [-0.4, -0.2) is 35.9 Å². The van der Waals surface area contributed by atoms with E-state index in [0.29, 0.717) is 36.2 Å². The zero-order chi connectivity index (χ0) is 23.0. The number of amides is 2. The summed E-state index contributed by atoms with van der Waals surface area (Å²) in [7, 11) is 0. The Balaban J connectivity index is 2.20. The molecule has 2 aromatic rings. The molecule has 0 aromatic heterocycles. The molecule has 2 aromatic carbocycles. The number of carbonyl (C=O) groups excluding carboxylic acids is 2. The van der Waals surface area contributed by atoms with E-state index in [4.69, 9.17) is 16.3 Å². The van der Waals surface area contributed by atoms with E-state index >= 15 is 0 Å². The van der Waals surface area contributed by atoms with E-state index in [9.17, 15) is 9.59 Å². The predicted molar refractivity (Wildman–Crippen MR) is 128 cm³/mol. The number of nitrogens with one attached hydrogen (secondary N) is 1. The van der Waals surface area contributed by atoms with Crippen molar-refractivity contribution in [3.8, 4) is 5.75 Å². The first-order chi connectivity index (χ1) is 14.8. The molecule has 5 nitrogen and oxygen atoms in total. The Bertz CT molecular complexity index is 887. The molecular formula is C24H30BrClN2O3. The molecule has 0 bridgehead atoms. The van der Waals surface area contributed by atoms with Crippen LogP contribution in [0.3, 0.4) is 0 Å². The fourth-order valence-electron chi connectivity index (χ4n) is 3.21. The highest BCUT2D eigenvalue weighted by Gasteiger charge is 2.28. The predicted octanol–water partition coefficient (Wildman–Crippen LogP) is 5.55. The number of hydrogen-bond acceptors (Lipinski definition) is 3. The maximum atomic E-state index is 13.2. The van der Waals surface area contributed by atoms with Gasteiger partial charge < -0.3 is 15.0 Å². The Morgan fingerprint density at radius 1 is 1.13 bits per heavy atom. The smallest absolute Gasteiger partial charge is 0.261 e. The van der Waals surface area contributed by atoms with Crippen molar-refractivity contribution in [3.63, 3.8) is 0 Å². The van der Waals surface area contributed by atoms with Gasteiger partial charge in [-0.15, -0.1) is 0 Å². The SMILES string of the molecule is CCNC(=O)[C@@H](CC)N(Cc1ccc(Cl)cc1)C(=O)COc1ccc(C(C)C)cc1Br. The van der Waals surface area contributed by atoms with Crippen LogP contribution < -0.4 is 10.1 Å². The zero-order valence-electron chi connectivity index (χ0n) is 18.5. The summed E-state index contributed by atoms with van der Waals surface area (Å²) in [5.74, 6) is 0.558. The van der Waals surface area contributed by atoms with Gasteiger partial charge in [0.2, 0.25) is 5.91 Å². The minimum atomic E-state index is -0.585. The normalized spacial score (nSPS) is 11.8. The molecular weight excluding hydrogens is 480 g/mol. The van der Waals surface area contributed by atoms with E-state index in [2.05, 4.69) is 35.1 Å². The molecule has 0 aliphatic rings. The largest absolute Gasteiger partial charge is 0.483 e. The highest BCUT2D eigenvalue weighted by atomic mass is 79.9. The first kappa shape index (κ1) is 25.2. The number of halogens is 2. The van der Waals surface area contributed by atoms with Crippen LogP contribution in [0.1, 0.15) is 51.2 Å². The van der Waals surface area contributed by atoms with Crippen molar-refractivity contribution >= 4 is 39.3 Å².